The van der Waals surface area contributed by atoms with Crippen LogP contribution >= 0.6 is 22.7 Å². The molecule has 0 unspecified atom stereocenters. The average molecular weight is 406 g/mol. The lowest BCUT2D eigenvalue weighted by Gasteiger charge is -2.06. The van der Waals surface area contributed by atoms with E-state index in [0.29, 0.717) is 20.1 Å². The topological polar surface area (TPSA) is 90.3 Å². The van der Waals surface area contributed by atoms with Gasteiger partial charge in [0.15, 0.2) is 0 Å². The summed E-state index contributed by atoms with van der Waals surface area (Å²) >= 11 is 2.62. The van der Waals surface area contributed by atoms with Crippen molar-refractivity contribution in [3.63, 3.8) is 0 Å². The van der Waals surface area contributed by atoms with Gasteiger partial charge in [-0.1, -0.05) is 0 Å². The molecule has 1 N–H and O–H groups in total. The van der Waals surface area contributed by atoms with Crippen molar-refractivity contribution in [1.82, 2.24) is 9.55 Å². The standard InChI is InChI=1S/C18H19N3O4S2/c1-5-25-18(24)15-9(2)6-13(27-15)20-12(22)7-21-8-19-16-14(17(21)23)10(3)11(4)26-16/h6,8H,5,7H2,1-4H3,(H,20,22). The minimum absolute atomic E-state index is 0.151. The number of rotatable bonds is 5. The largest absolute Gasteiger partial charge is 0.462 e. The Hall–Kier alpha value is -2.52. The molecule has 3 aromatic rings. The number of amides is 1. The van der Waals surface area contributed by atoms with E-state index in [-0.39, 0.29) is 24.6 Å². The molecule has 1 amide bonds. The van der Waals surface area contributed by atoms with E-state index in [1.54, 1.807) is 19.9 Å². The van der Waals surface area contributed by atoms with Crippen LogP contribution in [-0.4, -0.2) is 28.0 Å². The lowest BCUT2D eigenvalue weighted by Crippen LogP contribution is -2.27. The molecule has 0 aliphatic heterocycles. The number of fused-ring (bicyclic) bond motifs is 1. The Morgan fingerprint density at radius 1 is 1.26 bits per heavy atom. The zero-order valence-electron chi connectivity index (χ0n) is 15.4. The van der Waals surface area contributed by atoms with Gasteiger partial charge >= 0.3 is 5.97 Å². The average Bonchev–Trinajstić information content (AvgIpc) is 3.11. The summed E-state index contributed by atoms with van der Waals surface area (Å²) in [6.07, 6.45) is 1.39. The molecule has 142 valence electrons. The second-order valence-electron chi connectivity index (χ2n) is 6.03. The fourth-order valence-corrected chi connectivity index (χ4v) is 4.63. The first-order chi connectivity index (χ1) is 12.8. The van der Waals surface area contributed by atoms with E-state index in [2.05, 4.69) is 10.3 Å². The van der Waals surface area contributed by atoms with E-state index in [1.165, 1.54) is 22.2 Å². The van der Waals surface area contributed by atoms with Gasteiger partial charge in [0.25, 0.3) is 5.56 Å². The maximum Gasteiger partial charge on any atom is 0.348 e. The Bertz CT molecular complexity index is 1090. The van der Waals surface area contributed by atoms with Crippen LogP contribution in [0.15, 0.2) is 17.2 Å². The molecule has 0 saturated carbocycles. The molecule has 0 fully saturated rings. The molecule has 27 heavy (non-hydrogen) atoms. The van der Waals surface area contributed by atoms with E-state index >= 15 is 0 Å². The number of carbonyl (C=O) groups is 2. The summed E-state index contributed by atoms with van der Waals surface area (Å²) in [6.45, 7) is 7.48. The molecule has 0 radical (unpaired) electrons. The number of carbonyl (C=O) groups excluding carboxylic acids is 2. The van der Waals surface area contributed by atoms with Gasteiger partial charge in [-0.2, -0.15) is 0 Å². The molecule has 0 spiro atoms. The Kier molecular flexibility index (Phi) is 5.43. The maximum absolute atomic E-state index is 12.7. The first kappa shape index (κ1) is 19.2. The summed E-state index contributed by atoms with van der Waals surface area (Å²) < 4.78 is 6.29. The number of anilines is 1. The highest BCUT2D eigenvalue weighted by atomic mass is 32.1. The molecule has 9 heteroatoms. The highest BCUT2D eigenvalue weighted by Gasteiger charge is 2.17. The van der Waals surface area contributed by atoms with E-state index in [9.17, 15) is 14.4 Å². The van der Waals surface area contributed by atoms with Crippen molar-refractivity contribution in [3.05, 3.63) is 43.6 Å². The number of aryl methyl sites for hydroxylation is 3. The van der Waals surface area contributed by atoms with Crippen LogP contribution in [0.1, 0.15) is 32.6 Å². The molecule has 0 aliphatic carbocycles. The van der Waals surface area contributed by atoms with Crippen molar-refractivity contribution < 1.29 is 14.3 Å². The van der Waals surface area contributed by atoms with Crippen molar-refractivity contribution in [2.45, 2.75) is 34.2 Å². The molecule has 0 saturated heterocycles. The summed E-state index contributed by atoms with van der Waals surface area (Å²) in [5.74, 6) is -0.769. The summed E-state index contributed by atoms with van der Waals surface area (Å²) in [7, 11) is 0. The summed E-state index contributed by atoms with van der Waals surface area (Å²) in [5, 5.41) is 3.82. The van der Waals surface area contributed by atoms with E-state index in [4.69, 9.17) is 4.74 Å². The highest BCUT2D eigenvalue weighted by molar-refractivity contribution is 7.18. The van der Waals surface area contributed by atoms with E-state index in [1.807, 2.05) is 13.8 Å². The Morgan fingerprint density at radius 3 is 2.70 bits per heavy atom. The van der Waals surface area contributed by atoms with Crippen LogP contribution in [0, 0.1) is 20.8 Å². The zero-order valence-corrected chi connectivity index (χ0v) is 17.0. The number of ether oxygens (including phenoxy) is 1. The first-order valence-electron chi connectivity index (χ1n) is 8.34. The van der Waals surface area contributed by atoms with Crippen molar-refractivity contribution in [2.75, 3.05) is 11.9 Å². The lowest BCUT2D eigenvalue weighted by atomic mass is 10.2. The van der Waals surface area contributed by atoms with Gasteiger partial charge in [-0.3, -0.25) is 14.2 Å². The van der Waals surface area contributed by atoms with Gasteiger partial charge in [-0.15, -0.1) is 22.7 Å². The SMILES string of the molecule is CCOC(=O)c1sc(NC(=O)Cn2cnc3sc(C)c(C)c3c2=O)cc1C. The third-order valence-electron chi connectivity index (χ3n) is 4.11. The van der Waals surface area contributed by atoms with Gasteiger partial charge in [0.1, 0.15) is 16.3 Å². The van der Waals surface area contributed by atoms with Crippen LogP contribution < -0.4 is 10.9 Å². The van der Waals surface area contributed by atoms with Crippen molar-refractivity contribution in [3.8, 4) is 0 Å². The Balaban J connectivity index is 1.79. The van der Waals surface area contributed by atoms with Crippen molar-refractivity contribution >= 4 is 49.8 Å². The third-order valence-corrected chi connectivity index (χ3v) is 6.36. The quantitative estimate of drug-likeness (QED) is 0.658. The molecule has 3 rings (SSSR count). The van der Waals surface area contributed by atoms with Crippen LogP contribution in [-0.2, 0) is 16.1 Å². The first-order valence-corrected chi connectivity index (χ1v) is 9.97. The zero-order chi connectivity index (χ0) is 19.7. The number of thiophene rings is 2. The second kappa shape index (κ2) is 7.61. The molecular formula is C18H19N3O4S2. The Morgan fingerprint density at radius 2 is 2.00 bits per heavy atom. The van der Waals surface area contributed by atoms with Crippen molar-refractivity contribution in [1.29, 1.82) is 0 Å². The number of nitrogens with one attached hydrogen (secondary N) is 1. The number of esters is 1. The predicted molar refractivity (Wildman–Crippen MR) is 107 cm³/mol. The number of hydrogen-bond donors (Lipinski definition) is 1. The normalized spacial score (nSPS) is 11.0. The second-order valence-corrected chi connectivity index (χ2v) is 8.29. The minimum atomic E-state index is -0.408. The molecule has 3 aromatic heterocycles. The molecular weight excluding hydrogens is 386 g/mol. The van der Waals surface area contributed by atoms with Gasteiger partial charge < -0.3 is 10.1 Å². The Labute approximate surface area is 163 Å². The molecule has 7 nitrogen and oxygen atoms in total. The van der Waals surface area contributed by atoms with Gasteiger partial charge in [-0.05, 0) is 44.9 Å². The van der Waals surface area contributed by atoms with Gasteiger partial charge in [0.2, 0.25) is 5.91 Å². The number of aromatic nitrogens is 2. The fraction of sp³-hybridized carbons (Fsp3) is 0.333. The van der Waals surface area contributed by atoms with Gasteiger partial charge in [-0.25, -0.2) is 9.78 Å². The van der Waals surface area contributed by atoms with Crippen LogP contribution in [0.4, 0.5) is 5.00 Å². The van der Waals surface area contributed by atoms with Crippen LogP contribution in [0.5, 0.6) is 0 Å². The highest BCUT2D eigenvalue weighted by Crippen LogP contribution is 2.28. The van der Waals surface area contributed by atoms with Gasteiger partial charge in [0.05, 0.1) is 23.3 Å². The molecule has 0 aliphatic rings. The number of hydrogen-bond acceptors (Lipinski definition) is 7. The molecule has 0 bridgehead atoms. The molecule has 3 heterocycles. The fourth-order valence-electron chi connectivity index (χ4n) is 2.66. The monoisotopic (exact) mass is 405 g/mol. The summed E-state index contributed by atoms with van der Waals surface area (Å²) in [6, 6.07) is 1.71. The maximum atomic E-state index is 12.7. The smallest absolute Gasteiger partial charge is 0.348 e. The van der Waals surface area contributed by atoms with E-state index < -0.39 is 5.97 Å². The van der Waals surface area contributed by atoms with Crippen molar-refractivity contribution in [2.24, 2.45) is 0 Å². The van der Waals surface area contributed by atoms with Crippen LogP contribution in [0.2, 0.25) is 0 Å². The van der Waals surface area contributed by atoms with E-state index in [0.717, 1.165) is 27.3 Å². The van der Waals surface area contributed by atoms with Crippen LogP contribution in [0.25, 0.3) is 10.2 Å². The number of nitrogens with zero attached hydrogens (tertiary/aromatic N) is 2. The third kappa shape index (κ3) is 3.79. The summed E-state index contributed by atoms with van der Waals surface area (Å²) in [5.41, 5.74) is 1.40. The van der Waals surface area contributed by atoms with Crippen LogP contribution in [0.3, 0.4) is 0 Å². The summed E-state index contributed by atoms with van der Waals surface area (Å²) in [4.78, 5) is 43.4. The van der Waals surface area contributed by atoms with Gasteiger partial charge in [0, 0.05) is 4.88 Å². The minimum Gasteiger partial charge on any atom is -0.462 e. The predicted octanol–water partition coefficient (Wildman–Crippen LogP) is 3.26. The lowest BCUT2D eigenvalue weighted by molar-refractivity contribution is -0.116. The molecule has 0 aromatic carbocycles. The molecule has 0 atom stereocenters.